The predicted molar refractivity (Wildman–Crippen MR) is 99.1 cm³/mol. The van der Waals surface area contributed by atoms with Crippen molar-refractivity contribution >= 4 is 29.5 Å². The molecule has 0 spiro atoms. The number of carboxylic acids is 1. The highest BCUT2D eigenvalue weighted by Gasteiger charge is 2.52. The van der Waals surface area contributed by atoms with Crippen LogP contribution >= 0.6 is 0 Å². The van der Waals surface area contributed by atoms with Gasteiger partial charge in [0.25, 0.3) is 0 Å². The van der Waals surface area contributed by atoms with E-state index in [9.17, 15) is 9.90 Å². The minimum absolute atomic E-state index is 0.377. The van der Waals surface area contributed by atoms with E-state index in [1.807, 2.05) is 62.7 Å². The van der Waals surface area contributed by atoms with E-state index in [-0.39, 0.29) is 0 Å². The topological polar surface area (TPSA) is 60.7 Å². The van der Waals surface area contributed by atoms with Gasteiger partial charge in [0.05, 0.1) is 16.6 Å². The van der Waals surface area contributed by atoms with E-state index in [2.05, 4.69) is 0 Å². The van der Waals surface area contributed by atoms with Crippen molar-refractivity contribution in [2.75, 3.05) is 0 Å². The molecule has 5 nitrogen and oxygen atoms in total. The third-order valence-electron chi connectivity index (χ3n) is 5.47. The summed E-state index contributed by atoms with van der Waals surface area (Å²) in [6, 6.07) is 7.96. The van der Waals surface area contributed by atoms with Crippen molar-refractivity contribution in [2.45, 2.75) is 59.3 Å². The molecule has 1 aromatic heterocycles. The second-order valence-electron chi connectivity index (χ2n) is 8.51. The second-order valence-corrected chi connectivity index (χ2v) is 8.51. The van der Waals surface area contributed by atoms with Crippen molar-refractivity contribution in [1.82, 2.24) is 4.57 Å². The molecule has 0 unspecified atom stereocenters. The third kappa shape index (κ3) is 2.98. The SMILES string of the molecule is CC(C)(Cn1cc(B2OC(C)(C)C(C)(C)O2)c2ccccc21)C(=O)O. The summed E-state index contributed by atoms with van der Waals surface area (Å²) in [5.41, 5.74) is 0.231. The molecule has 2 heterocycles. The number of aromatic nitrogens is 1. The van der Waals surface area contributed by atoms with E-state index < -0.39 is 29.7 Å². The molecule has 0 amide bonds. The van der Waals surface area contributed by atoms with Gasteiger partial charge in [0.1, 0.15) is 0 Å². The first kappa shape index (κ1) is 18.0. The molecule has 0 aliphatic carbocycles. The van der Waals surface area contributed by atoms with Crippen LogP contribution in [0.5, 0.6) is 0 Å². The van der Waals surface area contributed by atoms with Gasteiger partial charge < -0.3 is 19.0 Å². The van der Waals surface area contributed by atoms with Gasteiger partial charge in [-0.25, -0.2) is 0 Å². The van der Waals surface area contributed by atoms with Gasteiger partial charge >= 0.3 is 13.1 Å². The molecule has 1 aliphatic heterocycles. The second kappa shape index (κ2) is 5.61. The standard InChI is InChI=1S/C19H26BNO4/c1-17(2,16(22)23)12-21-11-14(13-9-7-8-10-15(13)21)20-24-18(3,4)19(5,6)25-20/h7-11H,12H2,1-6H3,(H,22,23). The van der Waals surface area contributed by atoms with Gasteiger partial charge in [-0.2, -0.15) is 0 Å². The van der Waals surface area contributed by atoms with Gasteiger partial charge in [0, 0.05) is 23.7 Å². The van der Waals surface area contributed by atoms with Crippen LogP contribution in [0.4, 0.5) is 0 Å². The van der Waals surface area contributed by atoms with Crippen LogP contribution in [0.2, 0.25) is 0 Å². The zero-order valence-corrected chi connectivity index (χ0v) is 15.8. The van der Waals surface area contributed by atoms with E-state index in [1.165, 1.54) is 0 Å². The van der Waals surface area contributed by atoms with Crippen LogP contribution in [0.1, 0.15) is 41.5 Å². The van der Waals surface area contributed by atoms with Crippen LogP contribution in [0.15, 0.2) is 30.5 Å². The van der Waals surface area contributed by atoms with Crippen LogP contribution in [0.3, 0.4) is 0 Å². The fourth-order valence-corrected chi connectivity index (χ4v) is 3.06. The molecule has 3 rings (SSSR count). The average molecular weight is 343 g/mol. The third-order valence-corrected chi connectivity index (χ3v) is 5.47. The Kier molecular flexibility index (Phi) is 4.04. The zero-order valence-electron chi connectivity index (χ0n) is 15.8. The number of benzene rings is 1. The molecule has 1 aliphatic rings. The number of aliphatic carboxylic acids is 1. The summed E-state index contributed by atoms with van der Waals surface area (Å²) >= 11 is 0. The van der Waals surface area contributed by atoms with Gasteiger partial charge in [0.15, 0.2) is 0 Å². The molecule has 6 heteroatoms. The molecule has 1 N–H and O–H groups in total. The van der Waals surface area contributed by atoms with E-state index in [0.29, 0.717) is 6.54 Å². The number of para-hydroxylation sites is 1. The lowest BCUT2D eigenvalue weighted by molar-refractivity contribution is -0.147. The molecular formula is C19H26BNO4. The Bertz CT molecular complexity index is 806. The Hall–Kier alpha value is -1.79. The summed E-state index contributed by atoms with van der Waals surface area (Å²) in [4.78, 5) is 11.5. The van der Waals surface area contributed by atoms with Crippen LogP contribution in [-0.4, -0.2) is 34.0 Å². The summed E-state index contributed by atoms with van der Waals surface area (Å²) in [6.07, 6.45) is 1.97. The summed E-state index contributed by atoms with van der Waals surface area (Å²) in [6.45, 7) is 12.0. The van der Waals surface area contributed by atoms with Crippen LogP contribution in [0, 0.1) is 5.41 Å². The normalized spacial score (nSPS) is 19.5. The van der Waals surface area contributed by atoms with Gasteiger partial charge in [-0.05, 0) is 53.0 Å². The zero-order chi connectivity index (χ0) is 18.6. The number of hydrogen-bond donors (Lipinski definition) is 1. The molecule has 0 radical (unpaired) electrons. The van der Waals surface area contributed by atoms with Gasteiger partial charge in [-0.3, -0.25) is 4.79 Å². The molecule has 0 saturated carbocycles. The molecule has 1 fully saturated rings. The maximum absolute atomic E-state index is 11.5. The van der Waals surface area contributed by atoms with Crippen LogP contribution in [-0.2, 0) is 20.6 Å². The molecule has 2 aromatic rings. The highest BCUT2D eigenvalue weighted by atomic mass is 16.7. The molecular weight excluding hydrogens is 317 g/mol. The molecule has 25 heavy (non-hydrogen) atoms. The first-order valence-corrected chi connectivity index (χ1v) is 8.61. The number of rotatable bonds is 4. The van der Waals surface area contributed by atoms with E-state index >= 15 is 0 Å². The van der Waals surface area contributed by atoms with Crippen molar-refractivity contribution in [2.24, 2.45) is 5.41 Å². The van der Waals surface area contributed by atoms with Gasteiger partial charge in [0.2, 0.25) is 0 Å². The lowest BCUT2D eigenvalue weighted by Gasteiger charge is -2.32. The fraction of sp³-hybridized carbons (Fsp3) is 0.526. The largest absolute Gasteiger partial charge is 0.497 e. The van der Waals surface area contributed by atoms with E-state index in [4.69, 9.17) is 9.31 Å². The molecule has 0 bridgehead atoms. The Morgan fingerprint density at radius 2 is 1.72 bits per heavy atom. The van der Waals surface area contributed by atoms with E-state index in [0.717, 1.165) is 16.4 Å². The summed E-state index contributed by atoms with van der Waals surface area (Å²) in [5, 5.41) is 10.5. The van der Waals surface area contributed by atoms with Crippen molar-refractivity contribution < 1.29 is 19.2 Å². The number of fused-ring (bicyclic) bond motifs is 1. The van der Waals surface area contributed by atoms with Crippen molar-refractivity contribution in [3.63, 3.8) is 0 Å². The lowest BCUT2D eigenvalue weighted by atomic mass is 9.79. The molecule has 1 saturated heterocycles. The Morgan fingerprint density at radius 1 is 1.16 bits per heavy atom. The predicted octanol–water partition coefficient (Wildman–Crippen LogP) is 3.05. The van der Waals surface area contributed by atoms with Crippen LogP contribution in [0.25, 0.3) is 10.9 Å². The Balaban J connectivity index is 2.05. The fourth-order valence-electron chi connectivity index (χ4n) is 3.06. The van der Waals surface area contributed by atoms with Crippen molar-refractivity contribution in [3.05, 3.63) is 30.5 Å². The van der Waals surface area contributed by atoms with Crippen molar-refractivity contribution in [3.8, 4) is 0 Å². The number of hydrogen-bond acceptors (Lipinski definition) is 3. The molecule has 0 atom stereocenters. The summed E-state index contributed by atoms with van der Waals surface area (Å²) < 4.78 is 14.4. The minimum Gasteiger partial charge on any atom is -0.481 e. The Morgan fingerprint density at radius 3 is 2.28 bits per heavy atom. The van der Waals surface area contributed by atoms with Crippen LogP contribution < -0.4 is 5.46 Å². The monoisotopic (exact) mass is 343 g/mol. The summed E-state index contributed by atoms with van der Waals surface area (Å²) in [5.74, 6) is -0.817. The maximum atomic E-state index is 11.5. The minimum atomic E-state index is -0.866. The van der Waals surface area contributed by atoms with Gasteiger partial charge in [-0.1, -0.05) is 18.2 Å². The van der Waals surface area contributed by atoms with E-state index in [1.54, 1.807) is 13.8 Å². The highest BCUT2D eigenvalue weighted by Crippen LogP contribution is 2.37. The van der Waals surface area contributed by atoms with Crippen molar-refractivity contribution in [1.29, 1.82) is 0 Å². The lowest BCUT2D eigenvalue weighted by Crippen LogP contribution is -2.41. The van der Waals surface area contributed by atoms with Gasteiger partial charge in [-0.15, -0.1) is 0 Å². The molecule has 1 aromatic carbocycles. The Labute approximate surface area is 149 Å². The molecule has 134 valence electrons. The quantitative estimate of drug-likeness (QED) is 0.867. The summed E-state index contributed by atoms with van der Waals surface area (Å²) in [7, 11) is -0.468. The number of carboxylic acid groups (broad SMARTS) is 1. The number of carbonyl (C=O) groups is 1. The number of nitrogens with zero attached hydrogens (tertiary/aromatic N) is 1. The highest BCUT2D eigenvalue weighted by molar-refractivity contribution is 6.65. The first-order chi connectivity index (χ1) is 11.4. The first-order valence-electron chi connectivity index (χ1n) is 8.61. The smallest absolute Gasteiger partial charge is 0.481 e. The average Bonchev–Trinajstić information content (AvgIpc) is 2.94. The maximum Gasteiger partial charge on any atom is 0.497 e.